The Labute approximate surface area is 251 Å². The molecule has 4 N–H and O–H groups in total. The number of thiazole rings is 1. The number of carbonyl (C=O) groups excluding carboxylic acids is 3. The van der Waals surface area contributed by atoms with E-state index in [2.05, 4.69) is 35.9 Å². The number of hydrogen-bond acceptors (Lipinski definition) is 15. The Balaban J connectivity index is 1.24. The lowest BCUT2D eigenvalue weighted by atomic mass is 10.0. The molecule has 2 fully saturated rings. The molecule has 2 saturated heterocycles. The highest BCUT2D eigenvalue weighted by Crippen LogP contribution is 2.41. The molecule has 0 bridgehead atoms. The Bertz CT molecular complexity index is 1450. The Morgan fingerprint density at radius 1 is 1.29 bits per heavy atom. The SMILES string of the molecule is CON=C(C(=O)NC1C(=O)N2C(C(=O)O)=C(CSc3nnnn3CC(=O)N3CCN(C)CC3)CS[C@H]12)c1csc(N)n1. The van der Waals surface area contributed by atoms with E-state index in [9.17, 15) is 24.3 Å². The second-order valence-corrected chi connectivity index (χ2v) is 12.3. The lowest BCUT2D eigenvalue weighted by molar-refractivity contribution is -0.150. The predicted molar refractivity (Wildman–Crippen MR) is 152 cm³/mol. The number of hydrogen-bond donors (Lipinski definition) is 3. The van der Waals surface area contributed by atoms with Gasteiger partial charge < -0.3 is 30.8 Å². The van der Waals surface area contributed by atoms with E-state index in [4.69, 9.17) is 10.6 Å². The monoisotopic (exact) mass is 637 g/mol. The van der Waals surface area contributed by atoms with Crippen LogP contribution < -0.4 is 11.1 Å². The molecule has 2 aromatic rings. The highest BCUT2D eigenvalue weighted by Gasteiger charge is 2.54. The third-order valence-electron chi connectivity index (χ3n) is 6.71. The molecule has 0 aromatic carbocycles. The molecule has 5 heterocycles. The highest BCUT2D eigenvalue weighted by atomic mass is 32.2. The molecule has 0 saturated carbocycles. The van der Waals surface area contributed by atoms with Gasteiger partial charge in [0, 0.05) is 43.1 Å². The van der Waals surface area contributed by atoms with Crippen molar-refractivity contribution >= 4 is 69.4 Å². The molecule has 3 aliphatic rings. The normalized spacial score (nSPS) is 21.2. The maximum absolute atomic E-state index is 13.1. The number of likely N-dealkylation sites (N-methyl/N-ethyl adjacent to an activating group) is 1. The molecule has 17 nitrogen and oxygen atoms in total. The smallest absolute Gasteiger partial charge is 0.352 e. The van der Waals surface area contributed by atoms with Gasteiger partial charge in [0.1, 0.15) is 36.5 Å². The third kappa shape index (κ3) is 6.05. The first-order valence-corrected chi connectivity index (χ1v) is 15.5. The van der Waals surface area contributed by atoms with E-state index >= 15 is 0 Å². The first-order valence-electron chi connectivity index (χ1n) is 12.6. The molecule has 0 spiro atoms. The fourth-order valence-electron chi connectivity index (χ4n) is 4.53. The zero-order valence-electron chi connectivity index (χ0n) is 22.5. The number of fused-ring (bicyclic) bond motifs is 1. The van der Waals surface area contributed by atoms with Crippen molar-refractivity contribution in [1.82, 2.24) is 45.2 Å². The number of rotatable bonds is 10. The number of aliphatic carboxylic acids is 1. The summed E-state index contributed by atoms with van der Waals surface area (Å²) in [6.45, 7) is 2.79. The molecule has 42 heavy (non-hydrogen) atoms. The molecule has 20 heteroatoms. The van der Waals surface area contributed by atoms with Crippen molar-refractivity contribution < 1.29 is 29.1 Å². The van der Waals surface area contributed by atoms with Crippen LogP contribution >= 0.6 is 34.9 Å². The third-order valence-corrected chi connectivity index (χ3v) is 9.77. The molecule has 3 amide bonds. The van der Waals surface area contributed by atoms with Crippen molar-refractivity contribution in [3.63, 3.8) is 0 Å². The van der Waals surface area contributed by atoms with E-state index < -0.39 is 29.2 Å². The predicted octanol–water partition coefficient (Wildman–Crippen LogP) is -1.63. The van der Waals surface area contributed by atoms with Gasteiger partial charge in [-0.2, -0.15) is 0 Å². The Hall–Kier alpha value is -3.75. The van der Waals surface area contributed by atoms with Gasteiger partial charge in [0.05, 0.1) is 0 Å². The van der Waals surface area contributed by atoms with Crippen molar-refractivity contribution in [1.29, 1.82) is 0 Å². The number of thioether (sulfide) groups is 2. The van der Waals surface area contributed by atoms with Gasteiger partial charge in [-0.1, -0.05) is 16.9 Å². The lowest BCUT2D eigenvalue weighted by Gasteiger charge is -2.49. The van der Waals surface area contributed by atoms with Gasteiger partial charge in [0.2, 0.25) is 11.1 Å². The van der Waals surface area contributed by atoms with Crippen LogP contribution in [0.15, 0.2) is 27.0 Å². The van der Waals surface area contributed by atoms with Crippen molar-refractivity contribution in [2.24, 2.45) is 5.16 Å². The number of carbonyl (C=O) groups is 4. The van der Waals surface area contributed by atoms with E-state index in [1.165, 1.54) is 45.6 Å². The number of carboxylic acids is 1. The van der Waals surface area contributed by atoms with Crippen LogP contribution in [0.25, 0.3) is 0 Å². The van der Waals surface area contributed by atoms with Gasteiger partial charge >= 0.3 is 5.97 Å². The molecule has 0 radical (unpaired) electrons. The largest absolute Gasteiger partial charge is 0.477 e. The average molecular weight is 638 g/mol. The van der Waals surface area contributed by atoms with Crippen molar-refractivity contribution in [3.8, 4) is 0 Å². The summed E-state index contributed by atoms with van der Waals surface area (Å²) >= 11 is 3.61. The van der Waals surface area contributed by atoms with Gasteiger partial charge in [-0.15, -0.1) is 28.2 Å². The summed E-state index contributed by atoms with van der Waals surface area (Å²) < 4.78 is 1.39. The van der Waals surface area contributed by atoms with E-state index in [1.807, 2.05) is 7.05 Å². The number of anilines is 1. The van der Waals surface area contributed by atoms with Crippen LogP contribution in [0.4, 0.5) is 5.13 Å². The van der Waals surface area contributed by atoms with Crippen LogP contribution in [0.3, 0.4) is 0 Å². The van der Waals surface area contributed by atoms with Gasteiger partial charge in [-0.05, 0) is 23.0 Å². The fraction of sp³-hybridized carbons (Fsp3) is 0.500. The number of nitrogens with one attached hydrogen (secondary N) is 1. The number of nitrogen functional groups attached to an aromatic ring is 1. The Morgan fingerprint density at radius 3 is 2.71 bits per heavy atom. The van der Waals surface area contributed by atoms with Gasteiger partial charge in [0.15, 0.2) is 10.8 Å². The molecule has 0 aliphatic carbocycles. The number of aromatic nitrogens is 5. The zero-order valence-corrected chi connectivity index (χ0v) is 24.9. The minimum Gasteiger partial charge on any atom is -0.477 e. The minimum absolute atomic E-state index is 0.0332. The first-order chi connectivity index (χ1) is 20.2. The molecule has 1 unspecified atom stereocenters. The number of carboxylic acid groups (broad SMARTS) is 1. The quantitative estimate of drug-likeness (QED) is 0.115. The number of nitrogens with zero attached hydrogens (tertiary/aromatic N) is 9. The maximum Gasteiger partial charge on any atom is 0.352 e. The molecule has 2 aromatic heterocycles. The van der Waals surface area contributed by atoms with Gasteiger partial charge in [0.25, 0.3) is 11.8 Å². The fourth-order valence-corrected chi connectivity index (χ4v) is 7.44. The molecular weight excluding hydrogens is 611 g/mol. The molecule has 5 rings (SSSR count). The summed E-state index contributed by atoms with van der Waals surface area (Å²) in [6, 6.07) is -0.975. The maximum atomic E-state index is 13.1. The summed E-state index contributed by atoms with van der Waals surface area (Å²) in [5.41, 5.74) is 6.04. The van der Waals surface area contributed by atoms with E-state index in [-0.39, 0.29) is 40.4 Å². The Kier molecular flexibility index (Phi) is 8.94. The van der Waals surface area contributed by atoms with E-state index in [1.54, 1.807) is 4.90 Å². The Morgan fingerprint density at radius 2 is 2.05 bits per heavy atom. The molecule has 224 valence electrons. The second-order valence-electron chi connectivity index (χ2n) is 9.40. The highest BCUT2D eigenvalue weighted by molar-refractivity contribution is 8.01. The van der Waals surface area contributed by atoms with Crippen LogP contribution in [0, 0.1) is 0 Å². The van der Waals surface area contributed by atoms with Crippen molar-refractivity contribution in [3.05, 3.63) is 22.3 Å². The number of piperazine rings is 1. The number of tetrazole rings is 1. The summed E-state index contributed by atoms with van der Waals surface area (Å²) in [5.74, 6) is -2.17. The summed E-state index contributed by atoms with van der Waals surface area (Å²) in [4.78, 5) is 65.0. The van der Waals surface area contributed by atoms with Crippen LogP contribution in [-0.4, -0.2) is 138 Å². The second kappa shape index (κ2) is 12.6. The number of nitrogens with two attached hydrogens (primary N) is 1. The topological polar surface area (TPSA) is 214 Å². The van der Waals surface area contributed by atoms with Gasteiger partial charge in [-0.25, -0.2) is 14.5 Å². The van der Waals surface area contributed by atoms with Crippen molar-refractivity contribution in [2.75, 3.05) is 57.6 Å². The molecule has 2 atom stereocenters. The van der Waals surface area contributed by atoms with Crippen molar-refractivity contribution in [2.45, 2.75) is 23.1 Å². The summed E-state index contributed by atoms with van der Waals surface area (Å²) in [7, 11) is 3.27. The average Bonchev–Trinajstić information content (AvgIpc) is 3.61. The van der Waals surface area contributed by atoms with Crippen LogP contribution in [0.2, 0.25) is 0 Å². The lowest BCUT2D eigenvalue weighted by Crippen LogP contribution is -2.71. The van der Waals surface area contributed by atoms with Crippen LogP contribution in [0.1, 0.15) is 5.69 Å². The standard InChI is InChI=1S/C22H27N11O6S3/c1-30-3-5-31(6-4-30)13(34)7-32-22(26-28-29-32)42-9-11-8-40-19-15(18(36)33(19)16(11)20(37)38)25-17(35)14(27-39-2)12-10-41-21(23)24-12/h10,15,19H,3-9H2,1-2H3,(H2,23,24)(H,25,35)(H,37,38)/t15?,19-/m1/s1. The van der Waals surface area contributed by atoms with Crippen LogP contribution in [-0.2, 0) is 30.6 Å². The summed E-state index contributed by atoms with van der Waals surface area (Å²) in [5, 5.41) is 29.4. The van der Waals surface area contributed by atoms with Gasteiger partial charge in [-0.3, -0.25) is 19.3 Å². The molecule has 3 aliphatic heterocycles. The number of amides is 3. The van der Waals surface area contributed by atoms with Crippen LogP contribution in [0.5, 0.6) is 0 Å². The molecular formula is C22H27N11O6S3. The summed E-state index contributed by atoms with van der Waals surface area (Å²) in [6.07, 6.45) is 0. The number of oxime groups is 1. The van der Waals surface area contributed by atoms with E-state index in [0.717, 1.165) is 24.4 Å². The first kappa shape index (κ1) is 29.7. The zero-order chi connectivity index (χ0) is 30.0. The number of β-lactam (4-membered cyclic amide) rings is 1. The van der Waals surface area contributed by atoms with E-state index in [0.29, 0.717) is 29.6 Å². The minimum atomic E-state index is -1.27.